The molecule has 2 heterocycles. The van der Waals surface area contributed by atoms with Gasteiger partial charge < -0.3 is 10.2 Å². The molecule has 19 heavy (non-hydrogen) atoms. The summed E-state index contributed by atoms with van der Waals surface area (Å²) in [7, 11) is -2.89. The second-order valence-corrected chi connectivity index (χ2v) is 8.75. The highest BCUT2D eigenvalue weighted by atomic mass is 35.5. The van der Waals surface area contributed by atoms with Crippen molar-refractivity contribution >= 4 is 22.2 Å². The third kappa shape index (κ3) is 4.88. The molecular formula is C13H27ClN2O2S. The normalized spacial score (nSPS) is 33.7. The molecular weight excluding hydrogens is 284 g/mol. The van der Waals surface area contributed by atoms with Gasteiger partial charge in [0.2, 0.25) is 0 Å². The molecule has 0 spiro atoms. The highest BCUT2D eigenvalue weighted by Crippen LogP contribution is 2.27. The van der Waals surface area contributed by atoms with Crippen LogP contribution in [-0.4, -0.2) is 57.5 Å². The Morgan fingerprint density at radius 2 is 2.11 bits per heavy atom. The minimum atomic E-state index is -2.89. The van der Waals surface area contributed by atoms with Crippen molar-refractivity contribution in [1.82, 2.24) is 10.2 Å². The average Bonchev–Trinajstić information content (AvgIpc) is 2.54. The maximum absolute atomic E-state index is 11.8. The zero-order valence-corrected chi connectivity index (χ0v) is 13.7. The van der Waals surface area contributed by atoms with Gasteiger partial charge in [-0.2, -0.15) is 0 Å². The predicted molar refractivity (Wildman–Crippen MR) is 81.8 cm³/mol. The van der Waals surface area contributed by atoms with Crippen LogP contribution in [0, 0.1) is 5.41 Å². The van der Waals surface area contributed by atoms with Crippen molar-refractivity contribution < 1.29 is 8.42 Å². The number of nitrogens with one attached hydrogen (secondary N) is 1. The number of halogens is 1. The summed E-state index contributed by atoms with van der Waals surface area (Å²) in [4.78, 5) is 2.38. The van der Waals surface area contributed by atoms with Crippen LogP contribution in [0.5, 0.6) is 0 Å². The lowest BCUT2D eigenvalue weighted by Crippen LogP contribution is -2.42. The van der Waals surface area contributed by atoms with E-state index < -0.39 is 9.84 Å². The Hall–Kier alpha value is 0.160. The molecule has 114 valence electrons. The van der Waals surface area contributed by atoms with Crippen molar-refractivity contribution in [2.24, 2.45) is 5.41 Å². The average molecular weight is 311 g/mol. The third-order valence-electron chi connectivity index (χ3n) is 4.38. The zero-order valence-electron chi connectivity index (χ0n) is 12.0. The summed E-state index contributed by atoms with van der Waals surface area (Å²) in [5.74, 6) is 0. The monoisotopic (exact) mass is 310 g/mol. The van der Waals surface area contributed by atoms with Crippen molar-refractivity contribution in [2.75, 3.05) is 39.0 Å². The van der Waals surface area contributed by atoms with Gasteiger partial charge in [-0.15, -0.1) is 12.4 Å². The quantitative estimate of drug-likeness (QED) is 0.854. The highest BCUT2D eigenvalue weighted by Gasteiger charge is 2.33. The van der Waals surface area contributed by atoms with E-state index in [0.717, 1.165) is 52.0 Å². The van der Waals surface area contributed by atoms with E-state index in [2.05, 4.69) is 17.1 Å². The van der Waals surface area contributed by atoms with Gasteiger partial charge in [0.05, 0.1) is 5.25 Å². The first-order valence-electron chi connectivity index (χ1n) is 7.01. The summed E-state index contributed by atoms with van der Waals surface area (Å²) in [5.41, 5.74) is 0.326. The first kappa shape index (κ1) is 17.2. The Morgan fingerprint density at radius 3 is 2.68 bits per heavy atom. The van der Waals surface area contributed by atoms with Crippen LogP contribution >= 0.6 is 12.4 Å². The molecule has 0 bridgehead atoms. The fourth-order valence-electron chi connectivity index (χ4n) is 3.21. The molecule has 2 atom stereocenters. The van der Waals surface area contributed by atoms with Crippen LogP contribution in [0.25, 0.3) is 0 Å². The number of sulfone groups is 1. The zero-order chi connectivity index (χ0) is 13.2. The molecule has 2 aliphatic rings. The van der Waals surface area contributed by atoms with Gasteiger partial charge >= 0.3 is 0 Å². The second kappa shape index (κ2) is 6.74. The minimum Gasteiger partial charge on any atom is -0.316 e. The summed E-state index contributed by atoms with van der Waals surface area (Å²) in [5, 5.41) is 3.26. The lowest BCUT2D eigenvalue weighted by Gasteiger charge is -2.32. The van der Waals surface area contributed by atoms with Gasteiger partial charge in [-0.25, -0.2) is 8.42 Å². The van der Waals surface area contributed by atoms with Gasteiger partial charge in [-0.3, -0.25) is 0 Å². The van der Waals surface area contributed by atoms with E-state index in [4.69, 9.17) is 0 Å². The Bertz CT molecular complexity index is 380. The molecule has 0 aromatic heterocycles. The van der Waals surface area contributed by atoms with Crippen LogP contribution in [0.1, 0.15) is 32.6 Å². The molecule has 1 N–H and O–H groups in total. The topological polar surface area (TPSA) is 49.4 Å². The van der Waals surface area contributed by atoms with Crippen molar-refractivity contribution in [3.8, 4) is 0 Å². The molecule has 0 radical (unpaired) electrons. The van der Waals surface area contributed by atoms with Gasteiger partial charge in [0.25, 0.3) is 0 Å². The summed E-state index contributed by atoms with van der Waals surface area (Å²) in [6.07, 6.45) is 5.61. The maximum Gasteiger partial charge on any atom is 0.151 e. The first-order chi connectivity index (χ1) is 8.39. The fourth-order valence-corrected chi connectivity index (χ4v) is 4.29. The van der Waals surface area contributed by atoms with E-state index in [1.807, 2.05) is 0 Å². The van der Waals surface area contributed by atoms with Gasteiger partial charge in [0, 0.05) is 25.9 Å². The molecule has 2 aliphatic heterocycles. The van der Waals surface area contributed by atoms with Crippen LogP contribution in [0.15, 0.2) is 0 Å². The van der Waals surface area contributed by atoms with Crippen molar-refractivity contribution in [1.29, 1.82) is 0 Å². The second-order valence-electron chi connectivity index (χ2n) is 6.42. The summed E-state index contributed by atoms with van der Waals surface area (Å²) in [6.45, 7) is 7.29. The first-order valence-corrected chi connectivity index (χ1v) is 8.96. The summed E-state index contributed by atoms with van der Waals surface area (Å²) >= 11 is 0. The van der Waals surface area contributed by atoms with E-state index in [1.165, 1.54) is 12.7 Å². The number of likely N-dealkylation sites (tertiary alicyclic amines) is 1. The van der Waals surface area contributed by atoms with Gasteiger partial charge in [-0.1, -0.05) is 13.3 Å². The molecule has 0 amide bonds. The lowest BCUT2D eigenvalue weighted by molar-refractivity contribution is 0.183. The number of hydrogen-bond acceptors (Lipinski definition) is 4. The number of rotatable bonds is 3. The highest BCUT2D eigenvalue weighted by molar-refractivity contribution is 7.91. The van der Waals surface area contributed by atoms with Gasteiger partial charge in [0.1, 0.15) is 0 Å². The van der Waals surface area contributed by atoms with E-state index in [9.17, 15) is 8.42 Å². The molecule has 6 heteroatoms. The Morgan fingerprint density at radius 1 is 1.37 bits per heavy atom. The smallest absolute Gasteiger partial charge is 0.151 e. The van der Waals surface area contributed by atoms with Crippen LogP contribution in [0.4, 0.5) is 0 Å². The molecule has 2 rings (SSSR count). The minimum absolute atomic E-state index is 0. The predicted octanol–water partition coefficient (Wildman–Crippen LogP) is 1.31. The van der Waals surface area contributed by atoms with Crippen LogP contribution < -0.4 is 5.32 Å². The Kier molecular flexibility index (Phi) is 6.11. The summed E-state index contributed by atoms with van der Waals surface area (Å²) in [6, 6.07) is 0. The molecule has 2 fully saturated rings. The fraction of sp³-hybridized carbons (Fsp3) is 1.00. The maximum atomic E-state index is 11.8. The Balaban J connectivity index is 0.00000180. The molecule has 0 aromatic carbocycles. The largest absolute Gasteiger partial charge is 0.316 e. The van der Waals surface area contributed by atoms with Gasteiger partial charge in [-0.05, 0) is 37.8 Å². The van der Waals surface area contributed by atoms with E-state index in [-0.39, 0.29) is 17.7 Å². The third-order valence-corrected chi connectivity index (χ3v) is 5.98. The molecule has 2 unspecified atom stereocenters. The van der Waals surface area contributed by atoms with E-state index in [0.29, 0.717) is 5.41 Å². The number of nitrogens with zero attached hydrogens (tertiary/aromatic N) is 1. The lowest BCUT2D eigenvalue weighted by atomic mass is 9.89. The molecule has 4 nitrogen and oxygen atoms in total. The van der Waals surface area contributed by atoms with E-state index in [1.54, 1.807) is 0 Å². The molecule has 2 saturated heterocycles. The molecule has 0 aromatic rings. The standard InChI is InChI=1S/C13H26N2O2S.ClH/c1-13(6-7-14-10-13)11-15-8-4-3-5-12(9-15)18(2,16)17;/h12,14H,3-11H2,1-2H3;1H. The van der Waals surface area contributed by atoms with Crippen LogP contribution in [0.3, 0.4) is 0 Å². The van der Waals surface area contributed by atoms with Crippen LogP contribution in [0.2, 0.25) is 0 Å². The van der Waals surface area contributed by atoms with Crippen molar-refractivity contribution in [2.45, 2.75) is 37.9 Å². The SMILES string of the molecule is CC1(CN2CCCCC(S(C)(=O)=O)C2)CCNC1.Cl. The van der Waals surface area contributed by atoms with Crippen molar-refractivity contribution in [3.63, 3.8) is 0 Å². The summed E-state index contributed by atoms with van der Waals surface area (Å²) < 4.78 is 23.5. The molecule has 0 saturated carbocycles. The number of hydrogen-bond donors (Lipinski definition) is 1. The Labute approximate surface area is 123 Å². The molecule has 0 aliphatic carbocycles. The van der Waals surface area contributed by atoms with Crippen molar-refractivity contribution in [3.05, 3.63) is 0 Å². The van der Waals surface area contributed by atoms with Crippen LogP contribution in [-0.2, 0) is 9.84 Å². The van der Waals surface area contributed by atoms with E-state index >= 15 is 0 Å². The van der Waals surface area contributed by atoms with Gasteiger partial charge in [0.15, 0.2) is 9.84 Å².